The van der Waals surface area contributed by atoms with Crippen molar-refractivity contribution in [1.29, 1.82) is 0 Å². The molecule has 7 nitrogen and oxygen atoms in total. The van der Waals surface area contributed by atoms with Crippen molar-refractivity contribution in [2.24, 2.45) is 5.92 Å². The van der Waals surface area contributed by atoms with Crippen molar-refractivity contribution in [3.05, 3.63) is 52.6 Å². The molecule has 0 aliphatic carbocycles. The van der Waals surface area contributed by atoms with E-state index in [0.717, 1.165) is 23.9 Å². The summed E-state index contributed by atoms with van der Waals surface area (Å²) in [5.74, 6) is 0.0214. The Bertz CT molecular complexity index is 901. The zero-order chi connectivity index (χ0) is 20.8. The Balaban J connectivity index is 1.53. The summed E-state index contributed by atoms with van der Waals surface area (Å²) in [7, 11) is 0. The molecule has 152 valence electrons. The second-order valence-corrected chi connectivity index (χ2v) is 8.03. The van der Waals surface area contributed by atoms with Gasteiger partial charge in [-0.3, -0.25) is 19.3 Å². The largest absolute Gasteiger partial charge is 0.325 e. The molecule has 1 fully saturated rings. The van der Waals surface area contributed by atoms with Gasteiger partial charge in [0.2, 0.25) is 11.8 Å². The molecule has 2 N–H and O–H groups in total. The second kappa shape index (κ2) is 9.76. The maximum Gasteiger partial charge on any atom is 0.238 e. The van der Waals surface area contributed by atoms with Crippen LogP contribution in [0.5, 0.6) is 0 Å². The van der Waals surface area contributed by atoms with Crippen LogP contribution in [-0.4, -0.2) is 47.1 Å². The maximum absolute atomic E-state index is 12.6. The number of anilines is 2. The highest BCUT2D eigenvalue weighted by Gasteiger charge is 2.27. The first kappa shape index (κ1) is 21.1. The molecule has 0 spiro atoms. The molecule has 1 saturated heterocycles. The van der Waals surface area contributed by atoms with E-state index in [-0.39, 0.29) is 30.1 Å². The van der Waals surface area contributed by atoms with Crippen molar-refractivity contribution in [2.75, 3.05) is 30.3 Å². The maximum atomic E-state index is 12.6. The quantitative estimate of drug-likeness (QED) is 0.647. The monoisotopic (exact) mass is 458 g/mol. The van der Waals surface area contributed by atoms with Gasteiger partial charge < -0.3 is 10.6 Å². The third-order valence-electron chi connectivity index (χ3n) is 4.78. The summed E-state index contributed by atoms with van der Waals surface area (Å²) in [5, 5.41) is 5.67. The minimum Gasteiger partial charge on any atom is -0.325 e. The molecule has 1 aromatic heterocycles. The van der Waals surface area contributed by atoms with Crippen LogP contribution in [0.3, 0.4) is 0 Å². The van der Waals surface area contributed by atoms with Crippen LogP contribution in [0.4, 0.5) is 11.5 Å². The highest BCUT2D eigenvalue weighted by molar-refractivity contribution is 9.10. The smallest absolute Gasteiger partial charge is 0.238 e. The number of pyridine rings is 1. The molecule has 8 heteroatoms. The van der Waals surface area contributed by atoms with Crippen LogP contribution in [0, 0.1) is 5.92 Å². The number of aromatic nitrogens is 1. The highest BCUT2D eigenvalue weighted by Crippen LogP contribution is 2.19. The van der Waals surface area contributed by atoms with Gasteiger partial charge in [0.05, 0.1) is 12.5 Å². The van der Waals surface area contributed by atoms with Gasteiger partial charge in [0.15, 0.2) is 5.78 Å². The molecule has 0 radical (unpaired) electrons. The number of carbonyl (C=O) groups is 3. The van der Waals surface area contributed by atoms with Crippen molar-refractivity contribution < 1.29 is 14.4 Å². The number of nitrogens with one attached hydrogen (secondary N) is 2. The lowest BCUT2D eigenvalue weighted by Crippen LogP contribution is -2.44. The molecule has 0 saturated carbocycles. The molecule has 1 aliphatic rings. The summed E-state index contributed by atoms with van der Waals surface area (Å²) < 4.78 is 0.846. The highest BCUT2D eigenvalue weighted by atomic mass is 79.9. The lowest BCUT2D eigenvalue weighted by atomic mass is 9.97. The summed E-state index contributed by atoms with van der Waals surface area (Å²) in [4.78, 5) is 42.6. The lowest BCUT2D eigenvalue weighted by molar-refractivity contribution is -0.123. The van der Waals surface area contributed by atoms with Crippen LogP contribution >= 0.6 is 15.9 Å². The summed E-state index contributed by atoms with van der Waals surface area (Å²) in [6.45, 7) is 2.97. The molecule has 2 heterocycles. The number of nitrogens with zero attached hydrogens (tertiary/aromatic N) is 2. The summed E-state index contributed by atoms with van der Waals surface area (Å²) >= 11 is 3.32. The summed E-state index contributed by atoms with van der Waals surface area (Å²) in [5.41, 5.74) is 1.15. The molecular formula is C21H23BrN4O3. The number of piperidine rings is 1. The number of benzene rings is 1. The topological polar surface area (TPSA) is 91.4 Å². The summed E-state index contributed by atoms with van der Waals surface area (Å²) in [6, 6.07) is 10.4. The van der Waals surface area contributed by atoms with Crippen molar-refractivity contribution in [3.8, 4) is 0 Å². The number of amides is 2. The van der Waals surface area contributed by atoms with Gasteiger partial charge in [-0.1, -0.05) is 12.1 Å². The molecule has 1 aliphatic heterocycles. The van der Waals surface area contributed by atoms with Crippen LogP contribution in [0.15, 0.2) is 47.1 Å². The zero-order valence-electron chi connectivity index (χ0n) is 16.2. The fraction of sp³-hybridized carbons (Fsp3) is 0.333. The number of Topliss-reactive ketones (excluding diaryl/α,β-unsaturated/α-hetero) is 1. The minimum absolute atomic E-state index is 0.0498. The molecule has 29 heavy (non-hydrogen) atoms. The first-order valence-corrected chi connectivity index (χ1v) is 10.3. The normalized spacial score (nSPS) is 16.8. The van der Waals surface area contributed by atoms with E-state index in [9.17, 15) is 14.4 Å². The van der Waals surface area contributed by atoms with Crippen LogP contribution in [-0.2, 0) is 9.59 Å². The predicted octanol–water partition coefficient (Wildman–Crippen LogP) is 3.34. The van der Waals surface area contributed by atoms with Crippen LogP contribution in [0.25, 0.3) is 0 Å². The minimum atomic E-state index is -0.192. The van der Waals surface area contributed by atoms with Crippen LogP contribution in [0.1, 0.15) is 30.1 Å². The van der Waals surface area contributed by atoms with Gasteiger partial charge in [-0.25, -0.2) is 4.98 Å². The first-order valence-electron chi connectivity index (χ1n) is 9.46. The average Bonchev–Trinajstić information content (AvgIpc) is 2.70. The molecule has 0 bridgehead atoms. The van der Waals surface area contributed by atoms with Gasteiger partial charge in [-0.2, -0.15) is 0 Å². The number of hydrogen-bond acceptors (Lipinski definition) is 5. The van der Waals surface area contributed by atoms with E-state index >= 15 is 0 Å². The Hall–Kier alpha value is -2.58. The van der Waals surface area contributed by atoms with E-state index in [4.69, 9.17) is 0 Å². The summed E-state index contributed by atoms with van der Waals surface area (Å²) in [6.07, 6.45) is 3.26. The fourth-order valence-corrected chi connectivity index (χ4v) is 3.55. The van der Waals surface area contributed by atoms with Crippen molar-refractivity contribution in [3.63, 3.8) is 0 Å². The second-order valence-electron chi connectivity index (χ2n) is 7.11. The molecular weight excluding hydrogens is 436 g/mol. The van der Waals surface area contributed by atoms with Gasteiger partial charge in [-0.15, -0.1) is 0 Å². The third-order valence-corrected chi connectivity index (χ3v) is 5.24. The van der Waals surface area contributed by atoms with Crippen LogP contribution in [0.2, 0.25) is 0 Å². The molecule has 1 aromatic carbocycles. The first-order chi connectivity index (χ1) is 13.9. The lowest BCUT2D eigenvalue weighted by Gasteiger charge is -2.31. The Morgan fingerprint density at radius 2 is 2.03 bits per heavy atom. The number of rotatable bonds is 6. The molecule has 1 atom stereocenters. The average molecular weight is 459 g/mol. The fourth-order valence-electron chi connectivity index (χ4n) is 3.31. The van der Waals surface area contributed by atoms with E-state index in [0.29, 0.717) is 23.6 Å². The van der Waals surface area contributed by atoms with Gasteiger partial charge in [0, 0.05) is 28.5 Å². The van der Waals surface area contributed by atoms with Gasteiger partial charge in [0.25, 0.3) is 0 Å². The van der Waals surface area contributed by atoms with E-state index in [1.165, 1.54) is 6.92 Å². The van der Waals surface area contributed by atoms with E-state index < -0.39 is 0 Å². The Morgan fingerprint density at radius 1 is 1.21 bits per heavy atom. The molecule has 2 aromatic rings. The Morgan fingerprint density at radius 3 is 2.76 bits per heavy atom. The van der Waals surface area contributed by atoms with E-state index in [1.54, 1.807) is 36.5 Å². The standard InChI is InChI=1S/C21H23BrN4O3/c1-14(27)15-4-2-6-18(10-15)24-20(28)13-26-9-3-5-16(12-26)21(29)25-19-8-7-17(22)11-23-19/h2,4,6-8,10-11,16H,3,5,9,12-13H2,1H3,(H,24,28)(H,23,25,29). The number of hydrogen-bond donors (Lipinski definition) is 2. The molecule has 1 unspecified atom stereocenters. The van der Waals surface area contributed by atoms with Crippen LogP contribution < -0.4 is 10.6 Å². The number of ketones is 1. The van der Waals surface area contributed by atoms with Crippen molar-refractivity contribution >= 4 is 45.0 Å². The number of likely N-dealkylation sites (tertiary alicyclic amines) is 1. The SMILES string of the molecule is CC(=O)c1cccc(NC(=O)CN2CCCC(C(=O)Nc3ccc(Br)cn3)C2)c1. The molecule has 3 rings (SSSR count). The Kier molecular flexibility index (Phi) is 7.11. The zero-order valence-corrected chi connectivity index (χ0v) is 17.7. The molecule has 2 amide bonds. The van der Waals surface area contributed by atoms with Crippen molar-refractivity contribution in [2.45, 2.75) is 19.8 Å². The Labute approximate surface area is 178 Å². The number of halogens is 1. The third kappa shape index (κ3) is 6.20. The predicted molar refractivity (Wildman–Crippen MR) is 115 cm³/mol. The van der Waals surface area contributed by atoms with Gasteiger partial charge in [-0.05, 0) is 66.5 Å². The van der Waals surface area contributed by atoms with E-state index in [1.807, 2.05) is 11.0 Å². The van der Waals surface area contributed by atoms with Gasteiger partial charge >= 0.3 is 0 Å². The van der Waals surface area contributed by atoms with Crippen molar-refractivity contribution in [1.82, 2.24) is 9.88 Å². The number of carbonyl (C=O) groups excluding carboxylic acids is 3. The van der Waals surface area contributed by atoms with Gasteiger partial charge in [0.1, 0.15) is 5.82 Å². The van der Waals surface area contributed by atoms with E-state index in [2.05, 4.69) is 31.5 Å².